The molecule has 21 heavy (non-hydrogen) atoms. The molecule has 0 unspecified atom stereocenters. The van der Waals surface area contributed by atoms with E-state index in [4.69, 9.17) is 29.6 Å². The van der Waals surface area contributed by atoms with Gasteiger partial charge in [0.1, 0.15) is 10.8 Å². The highest BCUT2D eigenvalue weighted by molar-refractivity contribution is 7.80. The van der Waals surface area contributed by atoms with Crippen molar-refractivity contribution in [2.75, 3.05) is 5.32 Å². The molecular weight excluding hydrogens is 311 g/mol. The first-order valence-electron chi connectivity index (χ1n) is 6.04. The quantitative estimate of drug-likeness (QED) is 0.848. The predicted molar refractivity (Wildman–Crippen MR) is 86.4 cm³/mol. The number of thiocarbonyl (C=S) groups is 1. The van der Waals surface area contributed by atoms with Gasteiger partial charge in [-0.1, -0.05) is 23.8 Å². The van der Waals surface area contributed by atoms with Gasteiger partial charge in [-0.2, -0.15) is 0 Å². The van der Waals surface area contributed by atoms with Gasteiger partial charge >= 0.3 is 0 Å². The summed E-state index contributed by atoms with van der Waals surface area (Å²) in [6.45, 7) is 1.71. The third-order valence-corrected chi connectivity index (χ3v) is 3.25. The smallest absolute Gasteiger partial charge is 0.255 e. The monoisotopic (exact) mass is 322 g/mol. The lowest BCUT2D eigenvalue weighted by Gasteiger charge is -2.11. The van der Waals surface area contributed by atoms with Crippen LogP contribution in [0.3, 0.4) is 0 Å². The van der Waals surface area contributed by atoms with Gasteiger partial charge in [-0.3, -0.25) is 4.79 Å². The van der Waals surface area contributed by atoms with Gasteiger partial charge in [0.2, 0.25) is 0 Å². The number of nitrogens with one attached hydrogen (secondary N) is 1. The van der Waals surface area contributed by atoms with Crippen LogP contribution in [0.1, 0.15) is 21.5 Å². The van der Waals surface area contributed by atoms with Gasteiger partial charge in [0.15, 0.2) is 0 Å². The zero-order chi connectivity index (χ0) is 15.6. The van der Waals surface area contributed by atoms with Gasteiger partial charge in [0, 0.05) is 16.1 Å². The number of anilines is 1. The Balaban J connectivity index is 2.35. The van der Waals surface area contributed by atoms with Gasteiger partial charge in [0.25, 0.3) is 5.91 Å². The van der Waals surface area contributed by atoms with Gasteiger partial charge < -0.3 is 11.1 Å². The molecule has 0 heterocycles. The lowest BCUT2D eigenvalue weighted by atomic mass is 10.1. The highest BCUT2D eigenvalue weighted by Crippen LogP contribution is 2.22. The van der Waals surface area contributed by atoms with Gasteiger partial charge in [-0.05, 0) is 48.9 Å². The second-order valence-corrected chi connectivity index (χ2v) is 5.40. The lowest BCUT2D eigenvalue weighted by molar-refractivity contribution is 0.102. The molecule has 0 aliphatic carbocycles. The summed E-state index contributed by atoms with van der Waals surface area (Å²) < 4.78 is 13.4. The number of hydrogen-bond acceptors (Lipinski definition) is 2. The zero-order valence-corrected chi connectivity index (χ0v) is 12.7. The molecule has 3 nitrogen and oxygen atoms in total. The van der Waals surface area contributed by atoms with Crippen molar-refractivity contribution in [3.63, 3.8) is 0 Å². The standard InChI is InChI=1S/C15H12ClFN2OS/c1-8-4-9(6-11(17)5-8)15(20)19-13-7-10(16)2-3-12(13)14(18)21/h2-7H,1H3,(H2,18,21)(H,19,20). The maximum atomic E-state index is 13.4. The van der Waals surface area contributed by atoms with Crippen molar-refractivity contribution in [2.45, 2.75) is 6.92 Å². The van der Waals surface area contributed by atoms with Gasteiger partial charge in [0.05, 0.1) is 5.69 Å². The molecule has 6 heteroatoms. The first kappa shape index (κ1) is 15.4. The maximum absolute atomic E-state index is 13.4. The molecular formula is C15H12ClFN2OS. The largest absolute Gasteiger partial charge is 0.389 e. The molecule has 0 saturated carbocycles. The van der Waals surface area contributed by atoms with E-state index < -0.39 is 11.7 Å². The van der Waals surface area contributed by atoms with E-state index in [9.17, 15) is 9.18 Å². The Bertz CT molecular complexity index is 713. The van der Waals surface area contributed by atoms with Crippen LogP contribution in [0.2, 0.25) is 5.02 Å². The normalized spacial score (nSPS) is 10.2. The number of halogens is 2. The van der Waals surface area contributed by atoms with Crippen molar-refractivity contribution in [3.8, 4) is 0 Å². The van der Waals surface area contributed by atoms with Crippen LogP contribution in [0.5, 0.6) is 0 Å². The Labute approximate surface area is 131 Å². The first-order chi connectivity index (χ1) is 9.86. The molecule has 0 aromatic heterocycles. The summed E-state index contributed by atoms with van der Waals surface area (Å²) in [5.41, 5.74) is 7.35. The van der Waals surface area contributed by atoms with Crippen molar-refractivity contribution < 1.29 is 9.18 Å². The molecule has 0 fully saturated rings. The topological polar surface area (TPSA) is 55.1 Å². The van der Waals surface area contributed by atoms with Crippen molar-refractivity contribution in [1.29, 1.82) is 0 Å². The lowest BCUT2D eigenvalue weighted by Crippen LogP contribution is -2.18. The molecule has 3 N–H and O–H groups in total. The predicted octanol–water partition coefficient (Wildman–Crippen LogP) is 3.67. The van der Waals surface area contributed by atoms with Gasteiger partial charge in [-0.15, -0.1) is 0 Å². The van der Waals surface area contributed by atoms with Crippen LogP contribution in [0, 0.1) is 12.7 Å². The zero-order valence-electron chi connectivity index (χ0n) is 11.1. The van der Waals surface area contributed by atoms with E-state index in [1.54, 1.807) is 31.2 Å². The fraction of sp³-hybridized carbons (Fsp3) is 0.0667. The van der Waals surface area contributed by atoms with Crippen LogP contribution in [-0.4, -0.2) is 10.9 Å². The average molecular weight is 323 g/mol. The molecule has 2 aromatic rings. The van der Waals surface area contributed by atoms with E-state index in [0.717, 1.165) is 6.07 Å². The van der Waals surface area contributed by atoms with E-state index in [2.05, 4.69) is 5.32 Å². The molecule has 0 atom stereocenters. The molecule has 0 radical (unpaired) electrons. The van der Waals surface area contributed by atoms with E-state index in [-0.39, 0.29) is 10.6 Å². The summed E-state index contributed by atoms with van der Waals surface area (Å²) in [6, 6.07) is 8.88. The highest BCUT2D eigenvalue weighted by Gasteiger charge is 2.12. The fourth-order valence-electron chi connectivity index (χ4n) is 1.90. The third kappa shape index (κ3) is 3.77. The first-order valence-corrected chi connectivity index (χ1v) is 6.83. The number of hydrogen-bond donors (Lipinski definition) is 2. The average Bonchev–Trinajstić information content (AvgIpc) is 2.37. The Kier molecular flexibility index (Phi) is 4.55. The Morgan fingerprint density at radius 3 is 2.62 bits per heavy atom. The van der Waals surface area contributed by atoms with Crippen molar-refractivity contribution in [2.24, 2.45) is 5.73 Å². The minimum Gasteiger partial charge on any atom is -0.389 e. The van der Waals surface area contributed by atoms with Crippen LogP contribution < -0.4 is 11.1 Å². The van der Waals surface area contributed by atoms with E-state index in [1.165, 1.54) is 6.07 Å². The minimum absolute atomic E-state index is 0.136. The van der Waals surface area contributed by atoms with Crippen LogP contribution in [0.4, 0.5) is 10.1 Å². The Hall–Kier alpha value is -1.98. The Morgan fingerprint density at radius 1 is 1.29 bits per heavy atom. The van der Waals surface area contributed by atoms with Crippen molar-refractivity contribution in [1.82, 2.24) is 0 Å². The summed E-state index contributed by atoms with van der Waals surface area (Å²) in [7, 11) is 0. The molecule has 2 aromatic carbocycles. The number of aryl methyl sites for hydroxylation is 1. The second kappa shape index (κ2) is 6.20. The molecule has 0 aliphatic rings. The minimum atomic E-state index is -0.471. The molecule has 108 valence electrons. The van der Waals surface area contributed by atoms with Crippen LogP contribution in [-0.2, 0) is 0 Å². The van der Waals surface area contributed by atoms with Crippen molar-refractivity contribution >= 4 is 40.4 Å². The molecule has 1 amide bonds. The van der Waals surface area contributed by atoms with Crippen molar-refractivity contribution in [3.05, 3.63) is 63.9 Å². The number of benzene rings is 2. The summed E-state index contributed by atoms with van der Waals surface area (Å²) in [4.78, 5) is 12.3. The fourth-order valence-corrected chi connectivity index (χ4v) is 2.25. The Morgan fingerprint density at radius 2 is 2.00 bits per heavy atom. The number of rotatable bonds is 3. The summed E-state index contributed by atoms with van der Waals surface area (Å²) in [5.74, 6) is -0.932. The van der Waals surface area contributed by atoms with Crippen LogP contribution in [0.25, 0.3) is 0 Å². The number of carbonyl (C=O) groups is 1. The summed E-state index contributed by atoms with van der Waals surface area (Å²) in [5, 5.41) is 3.08. The highest BCUT2D eigenvalue weighted by atomic mass is 35.5. The number of carbonyl (C=O) groups excluding carboxylic acids is 1. The summed E-state index contributed by atoms with van der Waals surface area (Å²) in [6.07, 6.45) is 0. The third-order valence-electron chi connectivity index (χ3n) is 2.80. The van der Waals surface area contributed by atoms with E-state index in [0.29, 0.717) is 21.8 Å². The second-order valence-electron chi connectivity index (χ2n) is 4.53. The van der Waals surface area contributed by atoms with E-state index in [1.807, 2.05) is 0 Å². The van der Waals surface area contributed by atoms with Crippen LogP contribution >= 0.6 is 23.8 Å². The van der Waals surface area contributed by atoms with Crippen LogP contribution in [0.15, 0.2) is 36.4 Å². The number of amides is 1. The van der Waals surface area contributed by atoms with Gasteiger partial charge in [-0.25, -0.2) is 4.39 Å². The van der Waals surface area contributed by atoms with E-state index >= 15 is 0 Å². The number of nitrogens with two attached hydrogens (primary N) is 1. The molecule has 0 aliphatic heterocycles. The summed E-state index contributed by atoms with van der Waals surface area (Å²) >= 11 is 10.8. The molecule has 2 rings (SSSR count). The molecule has 0 bridgehead atoms. The molecule has 0 saturated heterocycles. The molecule has 0 spiro atoms. The maximum Gasteiger partial charge on any atom is 0.255 e. The SMILES string of the molecule is Cc1cc(F)cc(C(=O)Nc2cc(Cl)ccc2C(N)=S)c1.